The summed E-state index contributed by atoms with van der Waals surface area (Å²) in [4.78, 5) is 0.228. The van der Waals surface area contributed by atoms with E-state index in [9.17, 15) is 8.42 Å². The average Bonchev–Trinajstić information content (AvgIpc) is 2.71. The molecule has 1 aliphatic rings. The van der Waals surface area contributed by atoms with Crippen molar-refractivity contribution in [3.8, 4) is 0 Å². The first-order valence-electron chi connectivity index (χ1n) is 6.43. The van der Waals surface area contributed by atoms with Crippen LogP contribution in [0.2, 0.25) is 0 Å². The molecule has 2 rings (SSSR count). The summed E-state index contributed by atoms with van der Waals surface area (Å²) in [6, 6.07) is 6.44. The third-order valence-corrected chi connectivity index (χ3v) is 6.44. The maximum Gasteiger partial charge on any atom is 0.241 e. The van der Waals surface area contributed by atoms with Crippen LogP contribution in [0.3, 0.4) is 0 Å². The minimum absolute atomic E-state index is 0.0712. The first-order valence-corrected chi connectivity index (χ1v) is 8.32. The molecule has 110 valence electrons. The fourth-order valence-electron chi connectivity index (χ4n) is 2.61. The molecule has 0 unspecified atom stereocenters. The lowest BCUT2D eigenvalue weighted by molar-refractivity contribution is 0.457. The zero-order chi connectivity index (χ0) is 15.3. The van der Waals surface area contributed by atoms with E-state index in [1.54, 1.807) is 18.2 Å². The van der Waals surface area contributed by atoms with Crippen LogP contribution in [0.5, 0.6) is 0 Å². The van der Waals surface area contributed by atoms with Crippen molar-refractivity contribution in [3.63, 3.8) is 0 Å². The fraction of sp³-hybridized carbons (Fsp3) is 0.500. The zero-order valence-corrected chi connectivity index (χ0v) is 13.7. The van der Waals surface area contributed by atoms with Gasteiger partial charge in [0.1, 0.15) is 4.99 Å². The van der Waals surface area contributed by atoms with Crippen molar-refractivity contribution >= 4 is 27.2 Å². The molecule has 6 heteroatoms. The second-order valence-electron chi connectivity index (χ2n) is 6.36. The number of nitrogens with two attached hydrogens (primary N) is 1. The fourth-order valence-corrected chi connectivity index (χ4v) is 4.61. The number of thiocarbonyl (C=S) groups is 1. The third kappa shape index (κ3) is 2.25. The van der Waals surface area contributed by atoms with Crippen LogP contribution in [0.15, 0.2) is 29.2 Å². The minimum atomic E-state index is -3.63. The molecule has 0 atom stereocenters. The van der Waals surface area contributed by atoms with Crippen molar-refractivity contribution < 1.29 is 8.42 Å². The van der Waals surface area contributed by atoms with Crippen LogP contribution < -0.4 is 10.5 Å². The first-order chi connectivity index (χ1) is 9.02. The van der Waals surface area contributed by atoms with Gasteiger partial charge in [-0.05, 0) is 16.9 Å². The molecule has 0 spiro atoms. The second kappa shape index (κ2) is 4.51. The van der Waals surface area contributed by atoms with Gasteiger partial charge in [-0.15, -0.1) is 0 Å². The van der Waals surface area contributed by atoms with Crippen molar-refractivity contribution in [2.75, 3.05) is 0 Å². The predicted molar refractivity (Wildman–Crippen MR) is 84.0 cm³/mol. The van der Waals surface area contributed by atoms with E-state index in [2.05, 4.69) is 32.4 Å². The molecule has 0 saturated heterocycles. The van der Waals surface area contributed by atoms with Gasteiger partial charge in [-0.2, -0.15) is 0 Å². The lowest BCUT2D eigenvalue weighted by atomic mass is 10.0. The normalized spacial score (nSPS) is 20.6. The van der Waals surface area contributed by atoms with Gasteiger partial charge in [0.25, 0.3) is 0 Å². The van der Waals surface area contributed by atoms with E-state index in [1.807, 2.05) is 0 Å². The van der Waals surface area contributed by atoms with Gasteiger partial charge in [-0.3, -0.25) is 0 Å². The van der Waals surface area contributed by atoms with Gasteiger partial charge in [0.05, 0.1) is 4.90 Å². The molecule has 1 fully saturated rings. The smallest absolute Gasteiger partial charge is 0.241 e. The van der Waals surface area contributed by atoms with Crippen LogP contribution in [0.1, 0.15) is 33.3 Å². The van der Waals surface area contributed by atoms with Crippen LogP contribution in [0.4, 0.5) is 0 Å². The van der Waals surface area contributed by atoms with Crippen LogP contribution in [0, 0.1) is 10.8 Å². The summed E-state index contributed by atoms with van der Waals surface area (Å²) in [7, 11) is -3.63. The van der Waals surface area contributed by atoms with Crippen molar-refractivity contribution in [1.82, 2.24) is 4.72 Å². The predicted octanol–water partition coefficient (Wildman–Crippen LogP) is 2.03. The molecule has 20 heavy (non-hydrogen) atoms. The molecular weight excluding hydrogens is 292 g/mol. The summed E-state index contributed by atoms with van der Waals surface area (Å²) in [5.41, 5.74) is 5.84. The standard InChI is InChI=1S/C14H20N2O2S2/c1-13(2)12(14(13,3)4)16-20(17,18)10-8-6-5-7-9(10)11(15)19/h5-8,12,16H,1-4H3,(H2,15,19). The Bertz CT molecular complexity index is 650. The van der Waals surface area contributed by atoms with Gasteiger partial charge in [-0.25, -0.2) is 13.1 Å². The van der Waals surface area contributed by atoms with Gasteiger partial charge in [0.2, 0.25) is 10.0 Å². The summed E-state index contributed by atoms with van der Waals surface area (Å²) in [5, 5.41) is 0. The number of hydrogen-bond acceptors (Lipinski definition) is 3. The molecule has 0 aliphatic heterocycles. The maximum absolute atomic E-state index is 12.6. The highest BCUT2D eigenvalue weighted by Crippen LogP contribution is 2.62. The highest BCUT2D eigenvalue weighted by molar-refractivity contribution is 7.89. The highest BCUT2D eigenvalue weighted by atomic mass is 32.2. The Morgan fingerprint density at radius 3 is 2.15 bits per heavy atom. The van der Waals surface area contributed by atoms with Gasteiger partial charge >= 0.3 is 0 Å². The number of sulfonamides is 1. The molecule has 1 aromatic carbocycles. The van der Waals surface area contributed by atoms with E-state index in [0.717, 1.165) is 0 Å². The van der Waals surface area contributed by atoms with E-state index in [1.165, 1.54) is 6.07 Å². The number of rotatable bonds is 4. The van der Waals surface area contributed by atoms with Crippen molar-refractivity contribution in [2.24, 2.45) is 16.6 Å². The molecule has 0 aromatic heterocycles. The molecule has 1 aliphatic carbocycles. The molecule has 1 aromatic rings. The van der Waals surface area contributed by atoms with Gasteiger partial charge < -0.3 is 5.73 Å². The Hall–Kier alpha value is -0.980. The van der Waals surface area contributed by atoms with E-state index in [-0.39, 0.29) is 26.8 Å². The molecule has 0 bridgehead atoms. The first kappa shape index (κ1) is 15.4. The summed E-state index contributed by atoms with van der Waals surface area (Å²) >= 11 is 4.92. The molecular formula is C14H20N2O2S2. The Labute approximate surface area is 125 Å². The lowest BCUT2D eigenvalue weighted by Gasteiger charge is -2.11. The average molecular weight is 312 g/mol. The van der Waals surface area contributed by atoms with E-state index in [4.69, 9.17) is 18.0 Å². The highest BCUT2D eigenvalue weighted by Gasteiger charge is 2.66. The van der Waals surface area contributed by atoms with E-state index >= 15 is 0 Å². The van der Waals surface area contributed by atoms with Crippen molar-refractivity contribution in [3.05, 3.63) is 29.8 Å². The molecule has 3 N–H and O–H groups in total. The van der Waals surface area contributed by atoms with Gasteiger partial charge in [0, 0.05) is 11.6 Å². The zero-order valence-electron chi connectivity index (χ0n) is 12.1. The largest absolute Gasteiger partial charge is 0.389 e. The minimum Gasteiger partial charge on any atom is -0.389 e. The Balaban J connectivity index is 2.37. The molecule has 1 saturated carbocycles. The summed E-state index contributed by atoms with van der Waals surface area (Å²) < 4.78 is 27.9. The summed E-state index contributed by atoms with van der Waals surface area (Å²) in [6.07, 6.45) is 0. The molecule has 0 amide bonds. The molecule has 4 nitrogen and oxygen atoms in total. The van der Waals surface area contributed by atoms with Crippen LogP contribution in [-0.2, 0) is 10.0 Å². The molecule has 0 radical (unpaired) electrons. The van der Waals surface area contributed by atoms with E-state index < -0.39 is 10.0 Å². The maximum atomic E-state index is 12.6. The number of benzene rings is 1. The second-order valence-corrected chi connectivity index (χ2v) is 8.48. The lowest BCUT2D eigenvalue weighted by Crippen LogP contribution is -2.31. The van der Waals surface area contributed by atoms with Crippen molar-refractivity contribution in [1.29, 1.82) is 0 Å². The quantitative estimate of drug-likeness (QED) is 0.835. The number of hydrogen-bond donors (Lipinski definition) is 2. The monoisotopic (exact) mass is 312 g/mol. The van der Waals surface area contributed by atoms with Crippen LogP contribution >= 0.6 is 12.2 Å². The van der Waals surface area contributed by atoms with Crippen LogP contribution in [0.25, 0.3) is 0 Å². The Kier molecular flexibility index (Phi) is 3.48. The number of nitrogens with one attached hydrogen (secondary N) is 1. The third-order valence-electron chi connectivity index (χ3n) is 4.74. The summed E-state index contributed by atoms with van der Waals surface area (Å²) in [5.74, 6) is 0. The summed E-state index contributed by atoms with van der Waals surface area (Å²) in [6.45, 7) is 8.22. The topological polar surface area (TPSA) is 72.2 Å². The Morgan fingerprint density at radius 1 is 1.20 bits per heavy atom. The van der Waals surface area contributed by atoms with Crippen molar-refractivity contribution in [2.45, 2.75) is 38.6 Å². The van der Waals surface area contributed by atoms with Crippen LogP contribution in [-0.4, -0.2) is 19.4 Å². The van der Waals surface area contributed by atoms with E-state index in [0.29, 0.717) is 5.56 Å². The molecule has 0 heterocycles. The van der Waals surface area contributed by atoms with Gasteiger partial charge in [0.15, 0.2) is 0 Å². The van der Waals surface area contributed by atoms with Gasteiger partial charge in [-0.1, -0.05) is 58.1 Å². The SMILES string of the molecule is CC1(C)C(NS(=O)(=O)c2ccccc2C(N)=S)C1(C)C. The Morgan fingerprint density at radius 2 is 1.70 bits per heavy atom.